The van der Waals surface area contributed by atoms with Gasteiger partial charge in [-0.2, -0.15) is 25.3 Å². The van der Waals surface area contributed by atoms with Gasteiger partial charge in [-0.25, -0.2) is 0 Å². The molecule has 1 aliphatic carbocycles. The van der Waals surface area contributed by atoms with Crippen LogP contribution in [0.2, 0.25) is 0 Å². The third kappa shape index (κ3) is 3.42. The Bertz CT molecular complexity index is 154. The Morgan fingerprint density at radius 3 is 2.00 bits per heavy atom. The van der Waals surface area contributed by atoms with Gasteiger partial charge in [0.25, 0.3) is 0 Å². The molecule has 1 rings (SSSR count). The summed E-state index contributed by atoms with van der Waals surface area (Å²) in [5, 5.41) is 10.1. The lowest BCUT2D eigenvalue weighted by Gasteiger charge is -2.24. The SMILES string of the molecule is C=C1CC(S)CC(O)CC(S)C1. The predicted octanol–water partition coefficient (Wildman–Crippen LogP) is 2.07. The second-order valence-electron chi connectivity index (χ2n) is 3.59. The minimum atomic E-state index is -0.233. The van der Waals surface area contributed by atoms with E-state index in [-0.39, 0.29) is 16.6 Å². The Kier molecular flexibility index (Phi) is 4.00. The van der Waals surface area contributed by atoms with Gasteiger partial charge in [0.1, 0.15) is 0 Å². The van der Waals surface area contributed by atoms with Gasteiger partial charge in [0, 0.05) is 10.5 Å². The quantitative estimate of drug-likeness (QED) is 0.407. The molecule has 70 valence electrons. The Morgan fingerprint density at radius 2 is 1.58 bits per heavy atom. The van der Waals surface area contributed by atoms with Crippen molar-refractivity contribution in [2.75, 3.05) is 0 Å². The summed E-state index contributed by atoms with van der Waals surface area (Å²) in [4.78, 5) is 0. The van der Waals surface area contributed by atoms with Gasteiger partial charge in [-0.1, -0.05) is 12.2 Å². The van der Waals surface area contributed by atoms with Crippen LogP contribution in [-0.4, -0.2) is 21.7 Å². The number of aliphatic hydroxyl groups excluding tert-OH is 1. The number of aliphatic hydroxyl groups is 1. The third-order valence-corrected chi connectivity index (χ3v) is 2.92. The molecule has 0 amide bonds. The van der Waals surface area contributed by atoms with E-state index < -0.39 is 0 Å². The molecular formula is C9H16OS2. The Balaban J connectivity index is 2.51. The van der Waals surface area contributed by atoms with Crippen LogP contribution < -0.4 is 0 Å². The van der Waals surface area contributed by atoms with Gasteiger partial charge in [0.05, 0.1) is 6.10 Å². The second kappa shape index (κ2) is 4.58. The zero-order chi connectivity index (χ0) is 9.14. The molecule has 2 unspecified atom stereocenters. The average molecular weight is 204 g/mol. The summed E-state index contributed by atoms with van der Waals surface area (Å²) < 4.78 is 0. The van der Waals surface area contributed by atoms with Gasteiger partial charge >= 0.3 is 0 Å². The lowest BCUT2D eigenvalue weighted by molar-refractivity contribution is 0.150. The number of thiol groups is 2. The topological polar surface area (TPSA) is 20.2 Å². The zero-order valence-electron chi connectivity index (χ0n) is 7.11. The standard InChI is InChI=1S/C9H16OS2/c1-6-2-8(11)4-7(10)5-9(12)3-6/h7-12H,1-5H2. The van der Waals surface area contributed by atoms with E-state index in [1.807, 2.05) is 0 Å². The van der Waals surface area contributed by atoms with E-state index in [1.54, 1.807) is 0 Å². The Labute approximate surface area is 85.1 Å². The van der Waals surface area contributed by atoms with Gasteiger partial charge in [0.2, 0.25) is 0 Å². The van der Waals surface area contributed by atoms with Crippen molar-refractivity contribution in [1.82, 2.24) is 0 Å². The molecule has 0 saturated heterocycles. The van der Waals surface area contributed by atoms with Crippen LogP contribution in [0.25, 0.3) is 0 Å². The number of allylic oxidation sites excluding steroid dienone is 1. The van der Waals surface area contributed by atoms with E-state index in [0.717, 1.165) is 25.7 Å². The summed E-state index contributed by atoms with van der Waals surface area (Å²) in [5.74, 6) is 0. The van der Waals surface area contributed by atoms with Crippen LogP contribution in [0.1, 0.15) is 25.7 Å². The van der Waals surface area contributed by atoms with E-state index in [4.69, 9.17) is 0 Å². The van der Waals surface area contributed by atoms with Crippen LogP contribution >= 0.6 is 25.3 Å². The first-order valence-electron chi connectivity index (χ1n) is 4.28. The molecule has 2 atom stereocenters. The van der Waals surface area contributed by atoms with Crippen molar-refractivity contribution < 1.29 is 5.11 Å². The van der Waals surface area contributed by atoms with E-state index in [9.17, 15) is 5.11 Å². The monoisotopic (exact) mass is 204 g/mol. The van der Waals surface area contributed by atoms with Crippen molar-refractivity contribution in [3.05, 3.63) is 12.2 Å². The van der Waals surface area contributed by atoms with Crippen LogP contribution in [-0.2, 0) is 0 Å². The van der Waals surface area contributed by atoms with Gasteiger partial charge in [-0.15, -0.1) is 0 Å². The second-order valence-corrected chi connectivity index (χ2v) is 5.05. The van der Waals surface area contributed by atoms with Crippen molar-refractivity contribution in [2.24, 2.45) is 0 Å². The Morgan fingerprint density at radius 1 is 1.17 bits per heavy atom. The fraction of sp³-hybridized carbons (Fsp3) is 0.778. The van der Waals surface area contributed by atoms with Gasteiger partial charge in [-0.3, -0.25) is 0 Å². The minimum absolute atomic E-state index is 0.233. The number of hydrogen-bond donors (Lipinski definition) is 3. The highest BCUT2D eigenvalue weighted by atomic mass is 32.1. The molecule has 0 heterocycles. The van der Waals surface area contributed by atoms with Crippen molar-refractivity contribution >= 4 is 25.3 Å². The summed E-state index contributed by atoms with van der Waals surface area (Å²) in [6.07, 6.45) is 3.12. The molecule has 0 aromatic heterocycles. The van der Waals surface area contributed by atoms with E-state index in [2.05, 4.69) is 31.8 Å². The van der Waals surface area contributed by atoms with E-state index in [1.165, 1.54) is 5.57 Å². The summed E-state index contributed by atoms with van der Waals surface area (Å²) in [7, 11) is 0. The first-order valence-corrected chi connectivity index (χ1v) is 5.32. The molecule has 1 aliphatic rings. The lowest BCUT2D eigenvalue weighted by atomic mass is 9.95. The maximum Gasteiger partial charge on any atom is 0.0561 e. The van der Waals surface area contributed by atoms with Crippen molar-refractivity contribution in [2.45, 2.75) is 42.3 Å². The fourth-order valence-electron chi connectivity index (χ4n) is 1.64. The molecule has 1 saturated carbocycles. The van der Waals surface area contributed by atoms with Crippen LogP contribution in [0, 0.1) is 0 Å². The molecule has 0 aromatic rings. The molecule has 0 aromatic carbocycles. The molecule has 0 radical (unpaired) electrons. The number of hydrogen-bond acceptors (Lipinski definition) is 3. The maximum absolute atomic E-state index is 9.51. The molecular weight excluding hydrogens is 188 g/mol. The minimum Gasteiger partial charge on any atom is -0.393 e. The highest BCUT2D eigenvalue weighted by molar-refractivity contribution is 7.81. The summed E-state index contributed by atoms with van der Waals surface area (Å²) in [6.45, 7) is 3.96. The molecule has 12 heavy (non-hydrogen) atoms. The number of rotatable bonds is 0. The molecule has 1 nitrogen and oxygen atoms in total. The van der Waals surface area contributed by atoms with Gasteiger partial charge in [0.15, 0.2) is 0 Å². The van der Waals surface area contributed by atoms with Crippen molar-refractivity contribution in [3.8, 4) is 0 Å². The fourth-order valence-corrected chi connectivity index (χ4v) is 2.64. The first kappa shape index (κ1) is 10.5. The van der Waals surface area contributed by atoms with Crippen LogP contribution in [0.15, 0.2) is 12.2 Å². The Hall–Kier alpha value is 0.400. The molecule has 0 bridgehead atoms. The summed E-state index contributed by atoms with van der Waals surface area (Å²) in [5.41, 5.74) is 1.21. The molecule has 3 heteroatoms. The first-order chi connectivity index (χ1) is 5.58. The van der Waals surface area contributed by atoms with Crippen molar-refractivity contribution in [3.63, 3.8) is 0 Å². The van der Waals surface area contributed by atoms with Gasteiger partial charge < -0.3 is 5.11 Å². The van der Waals surface area contributed by atoms with E-state index in [0.29, 0.717) is 0 Å². The van der Waals surface area contributed by atoms with Crippen LogP contribution in [0.5, 0.6) is 0 Å². The highest BCUT2D eigenvalue weighted by Gasteiger charge is 2.20. The van der Waals surface area contributed by atoms with E-state index >= 15 is 0 Å². The van der Waals surface area contributed by atoms with Crippen LogP contribution in [0.4, 0.5) is 0 Å². The lowest BCUT2D eigenvalue weighted by Crippen LogP contribution is -2.22. The van der Waals surface area contributed by atoms with Crippen LogP contribution in [0.3, 0.4) is 0 Å². The highest BCUT2D eigenvalue weighted by Crippen LogP contribution is 2.26. The average Bonchev–Trinajstić information content (AvgIpc) is 1.81. The molecule has 1 N–H and O–H groups in total. The summed E-state index contributed by atoms with van der Waals surface area (Å²) >= 11 is 8.76. The summed E-state index contributed by atoms with van der Waals surface area (Å²) in [6, 6.07) is 0. The smallest absolute Gasteiger partial charge is 0.0561 e. The zero-order valence-corrected chi connectivity index (χ0v) is 8.90. The normalized spacial score (nSPS) is 38.9. The van der Waals surface area contributed by atoms with Gasteiger partial charge in [-0.05, 0) is 25.7 Å². The van der Waals surface area contributed by atoms with Crippen molar-refractivity contribution in [1.29, 1.82) is 0 Å². The third-order valence-electron chi connectivity index (χ3n) is 2.14. The molecule has 1 fully saturated rings. The molecule has 0 spiro atoms. The largest absolute Gasteiger partial charge is 0.393 e. The predicted molar refractivity (Wildman–Crippen MR) is 59.2 cm³/mol. The molecule has 0 aliphatic heterocycles. The maximum atomic E-state index is 9.51.